The molecule has 1 N–H and O–H groups in total. The third-order valence-electron chi connectivity index (χ3n) is 3.25. The summed E-state index contributed by atoms with van der Waals surface area (Å²) < 4.78 is 7.07. The molecular formula is C15H18N4O4. The van der Waals surface area contributed by atoms with Crippen LogP contribution < -0.4 is 10.1 Å². The van der Waals surface area contributed by atoms with E-state index in [1.54, 1.807) is 29.9 Å². The van der Waals surface area contributed by atoms with Crippen molar-refractivity contribution in [2.75, 3.05) is 13.2 Å². The van der Waals surface area contributed by atoms with Gasteiger partial charge in [-0.15, -0.1) is 0 Å². The van der Waals surface area contributed by atoms with Crippen LogP contribution in [0, 0.1) is 17.0 Å². The lowest BCUT2D eigenvalue weighted by Crippen LogP contribution is -2.26. The Hall–Kier alpha value is -2.90. The quantitative estimate of drug-likeness (QED) is 0.477. The molecule has 8 nitrogen and oxygen atoms in total. The molecule has 0 aliphatic heterocycles. The predicted octanol–water partition coefficient (Wildman–Crippen LogP) is 1.84. The summed E-state index contributed by atoms with van der Waals surface area (Å²) in [5.41, 5.74) is 1.27. The van der Waals surface area contributed by atoms with Crippen LogP contribution in [-0.4, -0.2) is 33.8 Å². The Bertz CT molecular complexity index is 692. The average Bonchev–Trinajstić information content (AvgIpc) is 2.86. The van der Waals surface area contributed by atoms with Gasteiger partial charge in [0.05, 0.1) is 17.6 Å². The Labute approximate surface area is 133 Å². The van der Waals surface area contributed by atoms with Crippen LogP contribution in [0.2, 0.25) is 0 Å². The normalized spacial score (nSPS) is 10.3. The van der Waals surface area contributed by atoms with Crippen LogP contribution in [0.1, 0.15) is 22.6 Å². The van der Waals surface area contributed by atoms with Crippen molar-refractivity contribution in [3.63, 3.8) is 0 Å². The van der Waals surface area contributed by atoms with Crippen LogP contribution in [0.25, 0.3) is 0 Å². The molecule has 0 spiro atoms. The molecule has 2 aromatic rings. The van der Waals surface area contributed by atoms with E-state index >= 15 is 0 Å². The molecule has 0 aliphatic rings. The van der Waals surface area contributed by atoms with E-state index in [0.29, 0.717) is 31.0 Å². The lowest BCUT2D eigenvalue weighted by Gasteiger charge is -2.06. The Morgan fingerprint density at radius 1 is 1.43 bits per heavy atom. The predicted molar refractivity (Wildman–Crippen MR) is 83.5 cm³/mol. The number of benzene rings is 1. The van der Waals surface area contributed by atoms with Gasteiger partial charge in [0, 0.05) is 25.4 Å². The molecule has 0 unspecified atom stereocenters. The number of non-ortho nitro benzene ring substituents is 1. The first-order valence-electron chi connectivity index (χ1n) is 7.13. The summed E-state index contributed by atoms with van der Waals surface area (Å²) in [6, 6.07) is 7.72. The molecule has 0 aliphatic carbocycles. The van der Waals surface area contributed by atoms with E-state index in [1.165, 1.54) is 12.1 Å². The molecule has 1 aromatic carbocycles. The molecule has 0 atom stereocenters. The van der Waals surface area contributed by atoms with Crippen LogP contribution in [0.4, 0.5) is 5.69 Å². The zero-order chi connectivity index (χ0) is 16.8. The fraction of sp³-hybridized carbons (Fsp3) is 0.333. The van der Waals surface area contributed by atoms with Gasteiger partial charge in [-0.25, -0.2) is 0 Å². The maximum atomic E-state index is 11.9. The van der Waals surface area contributed by atoms with E-state index in [-0.39, 0.29) is 11.6 Å². The summed E-state index contributed by atoms with van der Waals surface area (Å²) in [6.07, 6.45) is 0.584. The zero-order valence-corrected chi connectivity index (χ0v) is 13.0. The molecule has 2 rings (SSSR count). The Morgan fingerprint density at radius 3 is 2.87 bits per heavy atom. The van der Waals surface area contributed by atoms with Crippen molar-refractivity contribution < 1.29 is 14.5 Å². The van der Waals surface area contributed by atoms with Crippen molar-refractivity contribution in [2.45, 2.75) is 13.3 Å². The first-order chi connectivity index (χ1) is 11.0. The van der Waals surface area contributed by atoms with Crippen molar-refractivity contribution in [1.82, 2.24) is 15.1 Å². The van der Waals surface area contributed by atoms with E-state index in [0.717, 1.165) is 5.69 Å². The zero-order valence-electron chi connectivity index (χ0n) is 13.0. The van der Waals surface area contributed by atoms with Gasteiger partial charge in [0.25, 0.3) is 11.6 Å². The Kier molecular flexibility index (Phi) is 5.29. The fourth-order valence-corrected chi connectivity index (χ4v) is 1.91. The highest BCUT2D eigenvalue weighted by Crippen LogP contribution is 2.18. The Morgan fingerprint density at radius 2 is 2.22 bits per heavy atom. The second-order valence-electron chi connectivity index (χ2n) is 5.01. The molecule has 1 amide bonds. The summed E-state index contributed by atoms with van der Waals surface area (Å²) in [5.74, 6) is 0.204. The van der Waals surface area contributed by atoms with Crippen LogP contribution in [0.5, 0.6) is 5.75 Å². The number of rotatable bonds is 7. The molecule has 0 radical (unpaired) electrons. The fourth-order valence-electron chi connectivity index (χ4n) is 1.91. The first-order valence-corrected chi connectivity index (χ1v) is 7.13. The summed E-state index contributed by atoms with van der Waals surface area (Å²) >= 11 is 0. The topological polar surface area (TPSA) is 99.3 Å². The number of aromatic nitrogens is 2. The number of aryl methyl sites for hydroxylation is 2. The van der Waals surface area contributed by atoms with Crippen molar-refractivity contribution in [3.8, 4) is 5.75 Å². The molecule has 1 heterocycles. The number of ether oxygens (including phenoxy) is 1. The average molecular weight is 318 g/mol. The van der Waals surface area contributed by atoms with Gasteiger partial charge >= 0.3 is 0 Å². The minimum atomic E-state index is -0.470. The van der Waals surface area contributed by atoms with E-state index in [1.807, 2.05) is 6.92 Å². The van der Waals surface area contributed by atoms with Crippen molar-refractivity contribution in [1.29, 1.82) is 0 Å². The molecule has 0 bridgehead atoms. The van der Waals surface area contributed by atoms with Crippen LogP contribution in [-0.2, 0) is 7.05 Å². The highest BCUT2D eigenvalue weighted by Gasteiger charge is 2.10. The molecule has 0 saturated carbocycles. The highest BCUT2D eigenvalue weighted by molar-refractivity contribution is 5.92. The number of hydrogen-bond acceptors (Lipinski definition) is 5. The summed E-state index contributed by atoms with van der Waals surface area (Å²) in [7, 11) is 1.78. The van der Waals surface area contributed by atoms with Gasteiger partial charge in [-0.3, -0.25) is 19.6 Å². The molecule has 0 saturated heterocycles. The number of amides is 1. The maximum Gasteiger partial charge on any atom is 0.273 e. The standard InChI is InChI=1S/C15H18N4O4/c1-11-9-14(17-18(11)2)15(20)16-7-4-8-23-13-6-3-5-12(10-13)19(21)22/h3,5-6,9-10H,4,7-8H2,1-2H3,(H,16,20). The number of nitro groups is 1. The maximum absolute atomic E-state index is 11.9. The smallest absolute Gasteiger partial charge is 0.273 e. The lowest BCUT2D eigenvalue weighted by atomic mass is 10.3. The van der Waals surface area contributed by atoms with Gasteiger partial charge in [-0.1, -0.05) is 6.07 Å². The largest absolute Gasteiger partial charge is 0.493 e. The van der Waals surface area contributed by atoms with Gasteiger partial charge in [-0.2, -0.15) is 5.10 Å². The minimum Gasteiger partial charge on any atom is -0.493 e. The number of hydrogen-bond donors (Lipinski definition) is 1. The molecular weight excluding hydrogens is 300 g/mol. The first kappa shape index (κ1) is 16.5. The van der Waals surface area contributed by atoms with Crippen molar-refractivity contribution in [3.05, 3.63) is 51.8 Å². The second-order valence-corrected chi connectivity index (χ2v) is 5.01. The van der Waals surface area contributed by atoms with Gasteiger partial charge in [0.15, 0.2) is 0 Å². The summed E-state index contributed by atoms with van der Waals surface area (Å²) in [4.78, 5) is 22.0. The van der Waals surface area contributed by atoms with Gasteiger partial charge in [0.2, 0.25) is 0 Å². The van der Waals surface area contributed by atoms with E-state index in [4.69, 9.17) is 4.74 Å². The number of nitrogens with zero attached hydrogens (tertiary/aromatic N) is 3. The van der Waals surface area contributed by atoms with Gasteiger partial charge in [0.1, 0.15) is 11.4 Å². The van der Waals surface area contributed by atoms with Crippen molar-refractivity contribution >= 4 is 11.6 Å². The SMILES string of the molecule is Cc1cc(C(=O)NCCCOc2cccc([N+](=O)[O-])c2)nn1C. The highest BCUT2D eigenvalue weighted by atomic mass is 16.6. The molecule has 122 valence electrons. The number of nitro benzene ring substituents is 1. The molecule has 23 heavy (non-hydrogen) atoms. The number of carbonyl (C=O) groups is 1. The lowest BCUT2D eigenvalue weighted by molar-refractivity contribution is -0.384. The van der Waals surface area contributed by atoms with Gasteiger partial charge in [-0.05, 0) is 25.5 Å². The van der Waals surface area contributed by atoms with Crippen LogP contribution in [0.15, 0.2) is 30.3 Å². The van der Waals surface area contributed by atoms with Crippen LogP contribution in [0.3, 0.4) is 0 Å². The Balaban J connectivity index is 1.72. The van der Waals surface area contributed by atoms with E-state index in [2.05, 4.69) is 10.4 Å². The third kappa shape index (κ3) is 4.53. The summed E-state index contributed by atoms with van der Waals surface area (Å²) in [6.45, 7) is 2.66. The number of nitrogens with one attached hydrogen (secondary N) is 1. The van der Waals surface area contributed by atoms with Crippen molar-refractivity contribution in [2.24, 2.45) is 7.05 Å². The van der Waals surface area contributed by atoms with Crippen LogP contribution >= 0.6 is 0 Å². The third-order valence-corrected chi connectivity index (χ3v) is 3.25. The second kappa shape index (κ2) is 7.39. The molecule has 0 fully saturated rings. The molecule has 1 aromatic heterocycles. The summed E-state index contributed by atoms with van der Waals surface area (Å²) in [5, 5.41) is 17.5. The number of carbonyl (C=O) groups excluding carboxylic acids is 1. The minimum absolute atomic E-state index is 0.0127. The van der Waals surface area contributed by atoms with Gasteiger partial charge < -0.3 is 10.1 Å². The molecule has 8 heteroatoms. The monoisotopic (exact) mass is 318 g/mol. The van der Waals surface area contributed by atoms with E-state index < -0.39 is 4.92 Å². The van der Waals surface area contributed by atoms with E-state index in [9.17, 15) is 14.9 Å².